The van der Waals surface area contributed by atoms with Crippen LogP contribution in [-0.4, -0.2) is 26.2 Å². The first-order valence-corrected chi connectivity index (χ1v) is 8.30. The van der Waals surface area contributed by atoms with Crippen molar-refractivity contribution in [1.29, 1.82) is 0 Å². The molecule has 1 fully saturated rings. The van der Waals surface area contributed by atoms with Crippen LogP contribution in [0.5, 0.6) is 11.5 Å². The summed E-state index contributed by atoms with van der Waals surface area (Å²) < 4.78 is 10.6. The Morgan fingerprint density at radius 2 is 2.00 bits per heavy atom. The molecule has 124 valence electrons. The number of amides is 1. The number of hydrogen-bond acceptors (Lipinski definition) is 3. The average Bonchev–Trinajstić information content (AvgIpc) is 3.17. The Hall–Kier alpha value is -1.97. The van der Waals surface area contributed by atoms with E-state index in [1.165, 1.54) is 0 Å². The highest BCUT2D eigenvalue weighted by Crippen LogP contribution is 2.43. The van der Waals surface area contributed by atoms with Crippen molar-refractivity contribution in [3.63, 3.8) is 0 Å². The molecule has 1 aromatic rings. The van der Waals surface area contributed by atoms with Crippen molar-refractivity contribution in [3.05, 3.63) is 35.9 Å². The maximum absolute atomic E-state index is 12.5. The fourth-order valence-corrected chi connectivity index (χ4v) is 3.84. The van der Waals surface area contributed by atoms with Gasteiger partial charge in [-0.15, -0.1) is 0 Å². The van der Waals surface area contributed by atoms with E-state index in [4.69, 9.17) is 9.47 Å². The maximum atomic E-state index is 12.5. The number of allylic oxidation sites excluding steroid dienone is 2. The molecule has 0 aliphatic heterocycles. The minimum atomic E-state index is 0.101. The zero-order valence-electron chi connectivity index (χ0n) is 14.0. The Labute approximate surface area is 137 Å². The highest BCUT2D eigenvalue weighted by atomic mass is 16.5. The van der Waals surface area contributed by atoms with Gasteiger partial charge in [-0.1, -0.05) is 18.2 Å². The van der Waals surface area contributed by atoms with Crippen LogP contribution < -0.4 is 14.8 Å². The Morgan fingerprint density at radius 3 is 2.61 bits per heavy atom. The number of hydrogen-bond donors (Lipinski definition) is 1. The van der Waals surface area contributed by atoms with E-state index in [0.29, 0.717) is 11.8 Å². The van der Waals surface area contributed by atoms with Crippen molar-refractivity contribution in [2.24, 2.45) is 17.8 Å². The lowest BCUT2D eigenvalue weighted by atomic mass is 9.92. The lowest BCUT2D eigenvalue weighted by Gasteiger charge is -2.21. The molecular formula is C19H25NO3. The quantitative estimate of drug-likeness (QED) is 0.821. The number of ether oxygens (including phenoxy) is 2. The number of carbonyl (C=O) groups is 1. The van der Waals surface area contributed by atoms with Gasteiger partial charge in [0.15, 0.2) is 11.5 Å². The van der Waals surface area contributed by atoms with Crippen molar-refractivity contribution < 1.29 is 14.3 Å². The number of fused-ring (bicyclic) bond motifs is 2. The molecule has 3 rings (SSSR count). The van der Waals surface area contributed by atoms with Gasteiger partial charge in [0.05, 0.1) is 14.2 Å². The summed E-state index contributed by atoms with van der Waals surface area (Å²) in [5, 5.41) is 3.18. The molecule has 0 heterocycles. The molecule has 1 amide bonds. The molecule has 23 heavy (non-hydrogen) atoms. The first-order valence-electron chi connectivity index (χ1n) is 8.30. The second-order valence-electron chi connectivity index (χ2n) is 6.69. The van der Waals surface area contributed by atoms with Crippen LogP contribution in [0.25, 0.3) is 0 Å². The molecule has 4 atom stereocenters. The van der Waals surface area contributed by atoms with Gasteiger partial charge in [0.1, 0.15) is 0 Å². The summed E-state index contributed by atoms with van der Waals surface area (Å²) in [6, 6.07) is 6.00. The van der Waals surface area contributed by atoms with Crippen LogP contribution in [0.4, 0.5) is 0 Å². The average molecular weight is 315 g/mol. The Kier molecular flexibility index (Phi) is 4.60. The summed E-state index contributed by atoms with van der Waals surface area (Å²) >= 11 is 0. The van der Waals surface area contributed by atoms with Crippen LogP contribution in [0.15, 0.2) is 30.4 Å². The number of rotatable bonds is 6. The van der Waals surface area contributed by atoms with Crippen LogP contribution in [0.3, 0.4) is 0 Å². The molecule has 2 bridgehead atoms. The van der Waals surface area contributed by atoms with Crippen molar-refractivity contribution in [1.82, 2.24) is 5.32 Å². The summed E-state index contributed by atoms with van der Waals surface area (Å²) in [7, 11) is 3.26. The molecule has 2 aliphatic rings. The third kappa shape index (κ3) is 3.36. The second kappa shape index (κ2) is 6.65. The predicted molar refractivity (Wildman–Crippen MR) is 89.7 cm³/mol. The lowest BCUT2D eigenvalue weighted by Crippen LogP contribution is -2.39. The zero-order chi connectivity index (χ0) is 16.4. The number of nitrogens with one attached hydrogen (secondary N) is 1. The van der Waals surface area contributed by atoms with E-state index < -0.39 is 0 Å². The van der Waals surface area contributed by atoms with Gasteiger partial charge in [-0.2, -0.15) is 0 Å². The summed E-state index contributed by atoms with van der Waals surface area (Å²) in [6.45, 7) is 2.05. The highest BCUT2D eigenvalue weighted by molar-refractivity contribution is 5.80. The van der Waals surface area contributed by atoms with E-state index in [-0.39, 0.29) is 17.9 Å². The fraction of sp³-hybridized carbons (Fsp3) is 0.526. The van der Waals surface area contributed by atoms with Crippen molar-refractivity contribution in [2.45, 2.75) is 32.2 Å². The molecule has 0 spiro atoms. The Bertz CT molecular complexity index is 611. The van der Waals surface area contributed by atoms with Crippen molar-refractivity contribution in [2.75, 3.05) is 14.2 Å². The fourth-order valence-electron chi connectivity index (χ4n) is 3.84. The van der Waals surface area contributed by atoms with Crippen molar-refractivity contribution >= 4 is 5.91 Å². The van der Waals surface area contributed by atoms with Crippen molar-refractivity contribution in [3.8, 4) is 11.5 Å². The molecule has 4 nitrogen and oxygen atoms in total. The van der Waals surface area contributed by atoms with Crippen LogP contribution in [0.1, 0.15) is 25.3 Å². The van der Waals surface area contributed by atoms with Crippen LogP contribution >= 0.6 is 0 Å². The maximum Gasteiger partial charge on any atom is 0.223 e. The standard InChI is InChI=1S/C19H25NO3/c1-12(8-13-5-7-17(22-2)18(11-13)23-3)20-19(21)16-10-14-4-6-15(16)9-14/h4-7,11-12,14-16H,8-10H2,1-3H3,(H,20,21)/t12-,14+,15+,16+/m1/s1. The molecule has 0 radical (unpaired) electrons. The van der Waals surface area contributed by atoms with E-state index >= 15 is 0 Å². The monoisotopic (exact) mass is 315 g/mol. The third-order valence-electron chi connectivity index (χ3n) is 4.99. The molecule has 4 heteroatoms. The van der Waals surface area contributed by atoms with E-state index in [0.717, 1.165) is 36.3 Å². The summed E-state index contributed by atoms with van der Waals surface area (Å²) in [5.41, 5.74) is 1.13. The van der Waals surface area contributed by atoms with Gasteiger partial charge < -0.3 is 14.8 Å². The first kappa shape index (κ1) is 15.9. The molecule has 0 unspecified atom stereocenters. The molecule has 0 saturated heterocycles. The molecule has 0 aromatic heterocycles. The zero-order valence-corrected chi connectivity index (χ0v) is 14.0. The Balaban J connectivity index is 1.58. The van der Waals surface area contributed by atoms with Gasteiger partial charge in [-0.3, -0.25) is 4.79 Å². The van der Waals surface area contributed by atoms with E-state index in [9.17, 15) is 4.79 Å². The van der Waals surface area contributed by atoms with Crippen LogP contribution in [0, 0.1) is 17.8 Å². The summed E-state index contributed by atoms with van der Waals surface area (Å²) in [5.74, 6) is 2.89. The van der Waals surface area contributed by atoms with Gasteiger partial charge in [-0.25, -0.2) is 0 Å². The SMILES string of the molecule is COc1ccc(C[C@@H](C)NC(=O)[C@H]2C[C@H]3C=C[C@H]2C3)cc1OC. The predicted octanol–water partition coefficient (Wildman–Crippen LogP) is 2.96. The topological polar surface area (TPSA) is 47.6 Å². The second-order valence-corrected chi connectivity index (χ2v) is 6.69. The Morgan fingerprint density at radius 1 is 1.22 bits per heavy atom. The molecular weight excluding hydrogens is 290 g/mol. The first-order chi connectivity index (χ1) is 11.1. The van der Waals surface area contributed by atoms with E-state index in [1.807, 2.05) is 18.2 Å². The third-order valence-corrected chi connectivity index (χ3v) is 4.99. The minimum absolute atomic E-state index is 0.101. The van der Waals surface area contributed by atoms with Crippen LogP contribution in [0.2, 0.25) is 0 Å². The largest absolute Gasteiger partial charge is 0.493 e. The molecule has 1 aromatic carbocycles. The van der Waals surface area contributed by atoms with E-state index in [1.54, 1.807) is 14.2 Å². The van der Waals surface area contributed by atoms with Gasteiger partial charge in [0.25, 0.3) is 0 Å². The number of methoxy groups -OCH3 is 2. The minimum Gasteiger partial charge on any atom is -0.493 e. The van der Waals surface area contributed by atoms with Gasteiger partial charge in [-0.05, 0) is 55.7 Å². The highest BCUT2D eigenvalue weighted by Gasteiger charge is 2.39. The summed E-state index contributed by atoms with van der Waals surface area (Å²) in [4.78, 5) is 12.5. The van der Waals surface area contributed by atoms with Gasteiger partial charge >= 0.3 is 0 Å². The van der Waals surface area contributed by atoms with E-state index in [2.05, 4.69) is 24.4 Å². The normalized spacial score (nSPS) is 26.1. The van der Waals surface area contributed by atoms with Crippen LogP contribution in [-0.2, 0) is 11.2 Å². The van der Waals surface area contributed by atoms with Gasteiger partial charge in [0, 0.05) is 12.0 Å². The number of benzene rings is 1. The molecule has 1 N–H and O–H groups in total. The van der Waals surface area contributed by atoms with Gasteiger partial charge in [0.2, 0.25) is 5.91 Å². The molecule has 1 saturated carbocycles. The summed E-state index contributed by atoms with van der Waals surface area (Å²) in [6.07, 6.45) is 7.43. The molecule has 2 aliphatic carbocycles. The lowest BCUT2D eigenvalue weighted by molar-refractivity contribution is -0.126. The smallest absolute Gasteiger partial charge is 0.223 e. The number of carbonyl (C=O) groups excluding carboxylic acids is 1.